The largest absolute Gasteiger partial charge is 0.405 e. The highest BCUT2D eigenvalue weighted by molar-refractivity contribution is 6.99. The van der Waals surface area contributed by atoms with E-state index in [-0.39, 0.29) is 54.2 Å². The Morgan fingerprint density at radius 2 is 1.59 bits per heavy atom. The normalized spacial score (nSPS) is 31.2. The molecule has 1 heterocycles. The van der Waals surface area contributed by atoms with Gasteiger partial charge in [0.05, 0.1) is 25.4 Å². The number of likely N-dealkylation sites (tertiary alicyclic amines) is 1. The highest BCUT2D eigenvalue weighted by atomic mass is 28.4. The lowest BCUT2D eigenvalue weighted by Crippen LogP contribution is -2.67. The lowest BCUT2D eigenvalue weighted by molar-refractivity contribution is -0.137. The number of ether oxygens (including phenoxy) is 2. The first-order chi connectivity index (χ1) is 30.1. The van der Waals surface area contributed by atoms with E-state index in [9.17, 15) is 9.59 Å². The lowest BCUT2D eigenvalue weighted by atomic mass is 9.47. The van der Waals surface area contributed by atoms with E-state index in [1.807, 2.05) is 4.90 Å². The van der Waals surface area contributed by atoms with Gasteiger partial charge in [0.1, 0.15) is 13.2 Å². The second-order valence-corrected chi connectivity index (χ2v) is 27.2. The minimum absolute atomic E-state index is 0.00919. The zero-order valence-corrected chi connectivity index (χ0v) is 41.8. The van der Waals surface area contributed by atoms with Gasteiger partial charge >= 0.3 is 0 Å². The molecule has 8 heteroatoms. The monoisotopic (exact) mass is 881 g/mol. The number of amides is 2. The van der Waals surface area contributed by atoms with Gasteiger partial charge in [-0.1, -0.05) is 154 Å². The molecular formula is C55H84N2O5Si. The van der Waals surface area contributed by atoms with Crippen molar-refractivity contribution >= 4 is 30.5 Å². The van der Waals surface area contributed by atoms with Crippen molar-refractivity contribution in [2.24, 2.45) is 52.3 Å². The van der Waals surface area contributed by atoms with Crippen LogP contribution in [-0.4, -0.2) is 76.7 Å². The molecule has 10 atom stereocenters. The fourth-order valence-corrected chi connectivity index (χ4v) is 18.7. The maximum absolute atomic E-state index is 13.6. The van der Waals surface area contributed by atoms with Gasteiger partial charge in [0.25, 0.3) is 8.32 Å². The molecule has 3 saturated carbocycles. The van der Waals surface area contributed by atoms with Crippen LogP contribution in [0.25, 0.3) is 0 Å². The molecule has 5 aliphatic rings. The number of fused-ring (bicyclic) bond motifs is 5. The summed E-state index contributed by atoms with van der Waals surface area (Å²) in [7, 11) is -2.73. The number of allylic oxidation sites excluding steroid dienone is 1. The zero-order chi connectivity index (χ0) is 45.0. The number of carbonyl (C=O) groups excluding carboxylic acids is 2. The SMILES string of the molecule is CC(C)CCCC(C)C1CCC2C3CC=C4C[C@@H](OCC(=O)NCCOCC(=O)N5C[C@H](C)C[C@H]5CO[Si](c5ccccc5)(c5ccccc5)C(C)(C)C)CC[C@]4(C)C3CC[C@]12C. The zero-order valence-electron chi connectivity index (χ0n) is 40.8. The third-order valence-electron chi connectivity index (χ3n) is 17.4. The van der Waals surface area contributed by atoms with Crippen LogP contribution >= 0.6 is 0 Å². The van der Waals surface area contributed by atoms with Gasteiger partial charge in [-0.2, -0.15) is 0 Å². The number of nitrogens with zero attached hydrogens (tertiary/aromatic N) is 1. The van der Waals surface area contributed by atoms with Crippen LogP contribution in [0.4, 0.5) is 0 Å². The highest BCUT2D eigenvalue weighted by Crippen LogP contribution is 2.67. The van der Waals surface area contributed by atoms with Gasteiger partial charge < -0.3 is 24.1 Å². The Morgan fingerprint density at radius 3 is 2.25 bits per heavy atom. The molecule has 4 aliphatic carbocycles. The molecule has 0 spiro atoms. The molecule has 5 unspecified atom stereocenters. The van der Waals surface area contributed by atoms with Crippen LogP contribution < -0.4 is 15.7 Å². The van der Waals surface area contributed by atoms with Crippen molar-refractivity contribution in [3.63, 3.8) is 0 Å². The van der Waals surface area contributed by atoms with Gasteiger partial charge in [-0.25, -0.2) is 0 Å². The van der Waals surface area contributed by atoms with Crippen LogP contribution in [0.1, 0.15) is 139 Å². The predicted molar refractivity (Wildman–Crippen MR) is 259 cm³/mol. The summed E-state index contributed by atoms with van der Waals surface area (Å²) in [6, 6.07) is 21.4. The summed E-state index contributed by atoms with van der Waals surface area (Å²) in [6.45, 7) is 23.5. The fourth-order valence-electron chi connectivity index (χ4n) is 14.1. The van der Waals surface area contributed by atoms with Crippen LogP contribution in [0.15, 0.2) is 72.3 Å². The second-order valence-electron chi connectivity index (χ2n) is 22.9. The van der Waals surface area contributed by atoms with Gasteiger partial charge in [0.15, 0.2) is 0 Å². The summed E-state index contributed by atoms with van der Waals surface area (Å²) in [5, 5.41) is 5.32. The number of hydrogen-bond donors (Lipinski definition) is 1. The molecule has 1 N–H and O–H groups in total. The van der Waals surface area contributed by atoms with Crippen molar-refractivity contribution in [1.29, 1.82) is 0 Å². The van der Waals surface area contributed by atoms with Crippen molar-refractivity contribution < 1.29 is 23.5 Å². The molecule has 0 aromatic heterocycles. The molecule has 2 amide bonds. The van der Waals surface area contributed by atoms with Gasteiger partial charge in [-0.3, -0.25) is 9.59 Å². The van der Waals surface area contributed by atoms with Crippen molar-refractivity contribution in [3.8, 4) is 0 Å². The summed E-state index contributed by atoms with van der Waals surface area (Å²) < 4.78 is 19.4. The first kappa shape index (κ1) is 48.2. The summed E-state index contributed by atoms with van der Waals surface area (Å²) in [5.41, 5.74) is 2.38. The Hall–Kier alpha value is -2.78. The lowest BCUT2D eigenvalue weighted by Gasteiger charge is -2.58. The third kappa shape index (κ3) is 10.3. The van der Waals surface area contributed by atoms with E-state index < -0.39 is 8.32 Å². The molecular weight excluding hydrogens is 797 g/mol. The predicted octanol–water partition coefficient (Wildman–Crippen LogP) is 10.4. The van der Waals surface area contributed by atoms with E-state index in [4.69, 9.17) is 13.9 Å². The van der Waals surface area contributed by atoms with Crippen molar-refractivity contribution in [1.82, 2.24) is 10.2 Å². The first-order valence-corrected chi connectivity index (χ1v) is 27.2. The maximum Gasteiger partial charge on any atom is 0.261 e. The number of benzene rings is 2. The molecule has 2 aromatic rings. The molecule has 1 aliphatic heterocycles. The number of carbonyl (C=O) groups is 2. The van der Waals surface area contributed by atoms with E-state index in [0.29, 0.717) is 31.0 Å². The smallest absolute Gasteiger partial charge is 0.261 e. The summed E-state index contributed by atoms with van der Waals surface area (Å²) >= 11 is 0. The Bertz CT molecular complexity index is 1810. The summed E-state index contributed by atoms with van der Waals surface area (Å²) in [4.78, 5) is 28.5. The minimum Gasteiger partial charge on any atom is -0.405 e. The van der Waals surface area contributed by atoms with E-state index >= 15 is 0 Å². The van der Waals surface area contributed by atoms with Gasteiger partial charge in [0.2, 0.25) is 11.8 Å². The van der Waals surface area contributed by atoms with Crippen LogP contribution in [0.3, 0.4) is 0 Å². The standard InChI is InChI=1S/C55H84N2O5Si/c1-39(2)17-16-18-41(4)48-25-26-49-47-24-23-42-34-44(27-29-54(42,8)50(47)28-30-55(48,49)9)61-37-51(58)56-31-32-60-38-52(59)57-35-40(3)33-43(57)36-62-63(53(5,6)7,45-19-12-10-13-20-45)46-21-14-11-15-22-46/h10-15,19-23,39-41,43-44,47-50H,16-18,24-38H2,1-9H3,(H,56,58)/t40-,41?,43+,44+,47?,48?,49?,50?,54+,55-/m1/s1. The van der Waals surface area contributed by atoms with Crippen LogP contribution in [0.5, 0.6) is 0 Å². The van der Waals surface area contributed by atoms with Crippen molar-refractivity contribution in [3.05, 3.63) is 72.3 Å². The quantitative estimate of drug-likeness (QED) is 0.0917. The Balaban J connectivity index is 0.842. The molecule has 348 valence electrons. The van der Waals surface area contributed by atoms with Crippen LogP contribution in [-0.2, 0) is 23.5 Å². The number of hydrogen-bond acceptors (Lipinski definition) is 5. The molecule has 1 saturated heterocycles. The number of nitrogens with one attached hydrogen (secondary N) is 1. The first-order valence-electron chi connectivity index (χ1n) is 25.3. The summed E-state index contributed by atoms with van der Waals surface area (Å²) in [6.07, 6.45) is 17.8. The molecule has 7 nitrogen and oxygen atoms in total. The molecule has 7 rings (SSSR count). The number of rotatable bonds is 18. The van der Waals surface area contributed by atoms with E-state index in [1.54, 1.807) is 5.57 Å². The topological polar surface area (TPSA) is 77.1 Å². The van der Waals surface area contributed by atoms with Gasteiger partial charge in [-0.05, 0) is 125 Å². The fraction of sp³-hybridized carbons (Fsp3) is 0.709. The Kier molecular flexibility index (Phi) is 15.6. The maximum atomic E-state index is 13.6. The molecule has 63 heavy (non-hydrogen) atoms. The van der Waals surface area contributed by atoms with E-state index in [1.165, 1.54) is 61.7 Å². The average molecular weight is 881 g/mol. The van der Waals surface area contributed by atoms with E-state index in [0.717, 1.165) is 61.2 Å². The van der Waals surface area contributed by atoms with Gasteiger partial charge in [-0.15, -0.1) is 0 Å². The third-order valence-corrected chi connectivity index (χ3v) is 22.4. The average Bonchev–Trinajstić information content (AvgIpc) is 3.82. The molecule has 0 bridgehead atoms. The second kappa shape index (κ2) is 20.4. The van der Waals surface area contributed by atoms with Crippen molar-refractivity contribution in [2.75, 3.05) is 39.5 Å². The Labute approximate surface area is 383 Å². The van der Waals surface area contributed by atoms with Crippen LogP contribution in [0.2, 0.25) is 5.04 Å². The molecule has 2 aromatic carbocycles. The molecule has 0 radical (unpaired) electrons. The molecule has 4 fully saturated rings. The van der Waals surface area contributed by atoms with E-state index in [2.05, 4.69) is 134 Å². The van der Waals surface area contributed by atoms with Crippen molar-refractivity contribution in [2.45, 2.75) is 157 Å². The van der Waals surface area contributed by atoms with Crippen LogP contribution in [0, 0.1) is 52.3 Å². The van der Waals surface area contributed by atoms with Gasteiger partial charge in [0, 0.05) is 13.1 Å². The summed E-state index contributed by atoms with van der Waals surface area (Å²) in [5.74, 6) is 5.25. The highest BCUT2D eigenvalue weighted by Gasteiger charge is 2.59. The Morgan fingerprint density at radius 1 is 0.889 bits per heavy atom. The minimum atomic E-state index is -2.73.